The standard InChI is InChI=1S/C14H13BrN4OS/c1-3-19-12-9(15)5-4-6-11(12)21-14(19)17-13(20)10-7-8-16-18(10)2/h4-8H,3H2,1-2H3. The molecule has 1 aromatic carbocycles. The van der Waals surface area contributed by atoms with E-state index in [0.717, 1.165) is 21.2 Å². The first-order valence-corrected chi connectivity index (χ1v) is 8.07. The van der Waals surface area contributed by atoms with Crippen molar-refractivity contribution in [3.63, 3.8) is 0 Å². The first kappa shape index (κ1) is 14.2. The number of aryl methyl sites for hydroxylation is 2. The molecule has 0 atom stereocenters. The van der Waals surface area contributed by atoms with Crippen LogP contribution in [0.25, 0.3) is 10.2 Å². The summed E-state index contributed by atoms with van der Waals surface area (Å²) >= 11 is 5.07. The topological polar surface area (TPSA) is 52.2 Å². The summed E-state index contributed by atoms with van der Waals surface area (Å²) in [6.07, 6.45) is 1.60. The van der Waals surface area contributed by atoms with E-state index in [-0.39, 0.29) is 5.91 Å². The normalized spacial score (nSPS) is 12.2. The lowest BCUT2D eigenvalue weighted by Gasteiger charge is -2.02. The summed E-state index contributed by atoms with van der Waals surface area (Å²) in [7, 11) is 1.73. The smallest absolute Gasteiger partial charge is 0.297 e. The summed E-state index contributed by atoms with van der Waals surface area (Å²) in [6.45, 7) is 2.79. The summed E-state index contributed by atoms with van der Waals surface area (Å²) in [6, 6.07) is 7.68. The third kappa shape index (κ3) is 2.47. The number of carbonyl (C=O) groups is 1. The maximum atomic E-state index is 12.3. The van der Waals surface area contributed by atoms with Gasteiger partial charge in [0, 0.05) is 24.3 Å². The monoisotopic (exact) mass is 364 g/mol. The largest absolute Gasteiger partial charge is 0.316 e. The van der Waals surface area contributed by atoms with Crippen molar-refractivity contribution in [1.82, 2.24) is 14.3 Å². The third-order valence-electron chi connectivity index (χ3n) is 3.21. The van der Waals surface area contributed by atoms with E-state index in [2.05, 4.69) is 26.0 Å². The van der Waals surface area contributed by atoms with Crippen LogP contribution in [0.5, 0.6) is 0 Å². The van der Waals surface area contributed by atoms with Gasteiger partial charge in [-0.05, 0) is 41.1 Å². The predicted molar refractivity (Wildman–Crippen MR) is 86.3 cm³/mol. The lowest BCUT2D eigenvalue weighted by molar-refractivity contribution is 0.0989. The Balaban J connectivity index is 2.21. The number of amides is 1. The zero-order valence-electron chi connectivity index (χ0n) is 11.6. The highest BCUT2D eigenvalue weighted by Crippen LogP contribution is 2.25. The van der Waals surface area contributed by atoms with Crippen LogP contribution in [0.4, 0.5) is 0 Å². The second-order valence-corrected chi connectivity index (χ2v) is 6.34. The highest BCUT2D eigenvalue weighted by atomic mass is 79.9. The minimum Gasteiger partial charge on any atom is -0.316 e. The molecule has 0 aliphatic heterocycles. The van der Waals surface area contributed by atoms with E-state index < -0.39 is 0 Å². The first-order chi connectivity index (χ1) is 10.1. The number of rotatable bonds is 2. The molecule has 108 valence electrons. The zero-order chi connectivity index (χ0) is 15.0. The van der Waals surface area contributed by atoms with Gasteiger partial charge in [-0.15, -0.1) is 0 Å². The van der Waals surface area contributed by atoms with Crippen LogP contribution in [0.1, 0.15) is 17.4 Å². The van der Waals surface area contributed by atoms with Crippen LogP contribution >= 0.6 is 27.3 Å². The van der Waals surface area contributed by atoms with E-state index in [9.17, 15) is 4.79 Å². The molecule has 3 aromatic rings. The zero-order valence-corrected chi connectivity index (χ0v) is 14.0. The molecule has 1 amide bonds. The number of nitrogens with zero attached hydrogens (tertiary/aromatic N) is 4. The summed E-state index contributed by atoms with van der Waals surface area (Å²) in [5.74, 6) is -0.278. The van der Waals surface area contributed by atoms with Gasteiger partial charge in [0.05, 0.1) is 10.2 Å². The van der Waals surface area contributed by atoms with Crippen LogP contribution < -0.4 is 4.80 Å². The maximum Gasteiger partial charge on any atom is 0.297 e. The highest BCUT2D eigenvalue weighted by Gasteiger charge is 2.12. The molecule has 0 fully saturated rings. The molecule has 3 rings (SSSR count). The average molecular weight is 365 g/mol. The van der Waals surface area contributed by atoms with Gasteiger partial charge in [-0.2, -0.15) is 10.1 Å². The van der Waals surface area contributed by atoms with Crippen LogP contribution in [0.15, 0.2) is 39.9 Å². The number of benzene rings is 1. The molecule has 2 heterocycles. The Labute approximate surface area is 133 Å². The Morgan fingerprint density at radius 2 is 2.24 bits per heavy atom. The van der Waals surface area contributed by atoms with Crippen LogP contribution in [-0.4, -0.2) is 20.3 Å². The van der Waals surface area contributed by atoms with Gasteiger partial charge in [-0.3, -0.25) is 9.48 Å². The van der Waals surface area contributed by atoms with Crippen LogP contribution in [0, 0.1) is 0 Å². The van der Waals surface area contributed by atoms with Crippen molar-refractivity contribution in [1.29, 1.82) is 0 Å². The summed E-state index contributed by atoms with van der Waals surface area (Å²) in [5.41, 5.74) is 1.55. The quantitative estimate of drug-likeness (QED) is 0.701. The molecular formula is C14H13BrN4OS. The van der Waals surface area contributed by atoms with Crippen molar-refractivity contribution in [3.05, 3.63) is 45.4 Å². The van der Waals surface area contributed by atoms with Crippen LogP contribution in [0.3, 0.4) is 0 Å². The number of aromatic nitrogens is 3. The number of hydrogen-bond acceptors (Lipinski definition) is 3. The lowest BCUT2D eigenvalue weighted by atomic mass is 10.3. The van der Waals surface area contributed by atoms with E-state index in [0.29, 0.717) is 10.5 Å². The van der Waals surface area contributed by atoms with Crippen molar-refractivity contribution < 1.29 is 4.79 Å². The van der Waals surface area contributed by atoms with E-state index in [4.69, 9.17) is 0 Å². The number of halogens is 1. The molecule has 0 saturated heterocycles. The Hall–Kier alpha value is -1.73. The van der Waals surface area contributed by atoms with Crippen molar-refractivity contribution >= 4 is 43.4 Å². The highest BCUT2D eigenvalue weighted by molar-refractivity contribution is 9.10. The number of hydrogen-bond donors (Lipinski definition) is 0. The fraction of sp³-hybridized carbons (Fsp3) is 0.214. The Morgan fingerprint density at radius 3 is 2.90 bits per heavy atom. The lowest BCUT2D eigenvalue weighted by Crippen LogP contribution is -2.17. The third-order valence-corrected chi connectivity index (χ3v) is 4.89. The Morgan fingerprint density at radius 1 is 1.43 bits per heavy atom. The van der Waals surface area contributed by atoms with Gasteiger partial charge in [0.15, 0.2) is 4.80 Å². The first-order valence-electron chi connectivity index (χ1n) is 6.46. The van der Waals surface area contributed by atoms with Gasteiger partial charge in [0.25, 0.3) is 5.91 Å². The predicted octanol–water partition coefficient (Wildman–Crippen LogP) is 2.96. The molecule has 0 unspecified atom stereocenters. The van der Waals surface area contributed by atoms with E-state index in [1.807, 2.05) is 29.7 Å². The van der Waals surface area contributed by atoms with E-state index in [1.54, 1.807) is 19.3 Å². The number of para-hydroxylation sites is 1. The van der Waals surface area contributed by atoms with Crippen LogP contribution in [0.2, 0.25) is 0 Å². The van der Waals surface area contributed by atoms with Crippen LogP contribution in [-0.2, 0) is 13.6 Å². The minimum atomic E-state index is -0.278. The minimum absolute atomic E-state index is 0.278. The molecule has 0 aliphatic rings. The maximum absolute atomic E-state index is 12.3. The Bertz CT molecular complexity index is 890. The van der Waals surface area contributed by atoms with Gasteiger partial charge in [0.2, 0.25) is 0 Å². The molecule has 0 aliphatic carbocycles. The molecular weight excluding hydrogens is 352 g/mol. The van der Waals surface area contributed by atoms with E-state index >= 15 is 0 Å². The van der Waals surface area contributed by atoms with Crippen molar-refractivity contribution in [2.45, 2.75) is 13.5 Å². The van der Waals surface area contributed by atoms with Gasteiger partial charge in [0.1, 0.15) is 5.69 Å². The number of carbonyl (C=O) groups excluding carboxylic acids is 1. The molecule has 0 radical (unpaired) electrons. The fourth-order valence-corrected chi connectivity index (χ4v) is 4.02. The molecule has 21 heavy (non-hydrogen) atoms. The van der Waals surface area contributed by atoms with Gasteiger partial charge >= 0.3 is 0 Å². The Kier molecular flexibility index (Phi) is 3.77. The second-order valence-electron chi connectivity index (χ2n) is 4.47. The second kappa shape index (κ2) is 5.57. The molecule has 0 saturated carbocycles. The molecule has 2 aromatic heterocycles. The van der Waals surface area contributed by atoms with Crippen molar-refractivity contribution in [2.24, 2.45) is 12.0 Å². The van der Waals surface area contributed by atoms with E-state index in [1.165, 1.54) is 16.0 Å². The fourth-order valence-electron chi connectivity index (χ4n) is 2.19. The molecule has 0 spiro atoms. The summed E-state index contributed by atoms with van der Waals surface area (Å²) < 4.78 is 5.68. The molecule has 0 bridgehead atoms. The summed E-state index contributed by atoms with van der Waals surface area (Å²) in [4.78, 5) is 17.3. The number of fused-ring (bicyclic) bond motifs is 1. The molecule has 0 N–H and O–H groups in total. The van der Waals surface area contributed by atoms with Gasteiger partial charge in [-0.25, -0.2) is 0 Å². The van der Waals surface area contributed by atoms with Crippen molar-refractivity contribution in [2.75, 3.05) is 0 Å². The average Bonchev–Trinajstić information content (AvgIpc) is 3.02. The van der Waals surface area contributed by atoms with Gasteiger partial charge < -0.3 is 4.57 Å². The number of thiazole rings is 1. The van der Waals surface area contributed by atoms with Gasteiger partial charge in [-0.1, -0.05) is 17.4 Å². The van der Waals surface area contributed by atoms with Crippen molar-refractivity contribution in [3.8, 4) is 0 Å². The molecule has 7 heteroatoms. The molecule has 5 nitrogen and oxygen atoms in total. The summed E-state index contributed by atoms with van der Waals surface area (Å²) in [5, 5.41) is 4.00. The SMILES string of the molecule is CCn1c(=NC(=O)c2ccnn2C)sc2cccc(Br)c21.